The van der Waals surface area contributed by atoms with Crippen LogP contribution in [0.2, 0.25) is 0 Å². The molecule has 1 aliphatic rings. The lowest BCUT2D eigenvalue weighted by atomic mass is 10.1. The second-order valence-corrected chi connectivity index (χ2v) is 10.5. The molecule has 2 aromatic carbocycles. The molecular weight excluding hydrogens is 472 g/mol. The summed E-state index contributed by atoms with van der Waals surface area (Å²) >= 11 is 1.09. The van der Waals surface area contributed by atoms with Crippen molar-refractivity contribution < 1.29 is 26.7 Å². The number of nitrogens with zero attached hydrogens (tertiary/aromatic N) is 2. The number of rotatable bonds is 5. The molecule has 11 heteroatoms. The zero-order valence-electron chi connectivity index (χ0n) is 17.8. The molecule has 0 bridgehead atoms. The molecule has 33 heavy (non-hydrogen) atoms. The Bertz CT molecular complexity index is 1270. The minimum absolute atomic E-state index is 0.0867. The maximum Gasteiger partial charge on any atom is 0.257 e. The van der Waals surface area contributed by atoms with Gasteiger partial charge in [0.25, 0.3) is 5.91 Å². The van der Waals surface area contributed by atoms with Crippen molar-refractivity contribution in [2.75, 3.05) is 18.4 Å². The van der Waals surface area contributed by atoms with Crippen molar-refractivity contribution in [2.45, 2.75) is 31.0 Å². The normalized spacial score (nSPS) is 19.4. The average Bonchev–Trinajstić information content (AvgIpc) is 3.21. The van der Waals surface area contributed by atoms with Gasteiger partial charge in [-0.2, -0.15) is 4.31 Å². The molecule has 1 aliphatic heterocycles. The number of sulfonamides is 1. The second-order valence-electron chi connectivity index (χ2n) is 7.72. The van der Waals surface area contributed by atoms with E-state index < -0.39 is 27.6 Å². The SMILES string of the molecule is CC1CN(S(=O)(=O)c2ccc(C(=O)Nc3nc(-c4ccc(F)cc4F)cs3)cc2)CC(C)O1. The number of halogens is 2. The van der Waals surface area contributed by atoms with E-state index in [1.54, 1.807) is 5.38 Å². The highest BCUT2D eigenvalue weighted by Gasteiger charge is 2.32. The fourth-order valence-corrected chi connectivity index (χ4v) is 5.87. The van der Waals surface area contributed by atoms with E-state index in [1.165, 1.54) is 34.6 Å². The van der Waals surface area contributed by atoms with E-state index in [0.717, 1.165) is 23.5 Å². The Morgan fingerprint density at radius 3 is 2.42 bits per heavy atom. The Morgan fingerprint density at radius 2 is 1.79 bits per heavy atom. The Kier molecular flexibility index (Phi) is 6.57. The number of hydrogen-bond acceptors (Lipinski definition) is 6. The molecule has 0 saturated carbocycles. The molecule has 2 heterocycles. The molecule has 0 aliphatic carbocycles. The second kappa shape index (κ2) is 9.26. The molecule has 0 radical (unpaired) electrons. The van der Waals surface area contributed by atoms with Gasteiger partial charge in [-0.3, -0.25) is 10.1 Å². The van der Waals surface area contributed by atoms with Crippen molar-refractivity contribution in [3.8, 4) is 11.3 Å². The molecule has 1 aromatic heterocycles. The number of ether oxygens (including phenoxy) is 1. The number of aromatic nitrogens is 1. The number of hydrogen-bond donors (Lipinski definition) is 1. The van der Waals surface area contributed by atoms with Crippen LogP contribution < -0.4 is 5.32 Å². The summed E-state index contributed by atoms with van der Waals surface area (Å²) in [6.45, 7) is 4.16. The summed E-state index contributed by atoms with van der Waals surface area (Å²) in [5.41, 5.74) is 0.625. The number of benzene rings is 2. The van der Waals surface area contributed by atoms with Gasteiger partial charge in [0.1, 0.15) is 11.6 Å². The van der Waals surface area contributed by atoms with E-state index >= 15 is 0 Å². The van der Waals surface area contributed by atoms with Crippen LogP contribution in [0.15, 0.2) is 52.7 Å². The topological polar surface area (TPSA) is 88.6 Å². The van der Waals surface area contributed by atoms with Crippen LogP contribution in [0.1, 0.15) is 24.2 Å². The smallest absolute Gasteiger partial charge is 0.257 e. The Morgan fingerprint density at radius 1 is 1.12 bits per heavy atom. The quantitative estimate of drug-likeness (QED) is 0.577. The number of carbonyl (C=O) groups excluding carboxylic acids is 1. The van der Waals surface area contributed by atoms with Gasteiger partial charge < -0.3 is 4.74 Å². The molecule has 4 rings (SSSR count). The first kappa shape index (κ1) is 23.4. The van der Waals surface area contributed by atoms with E-state index in [9.17, 15) is 22.0 Å². The van der Waals surface area contributed by atoms with Crippen molar-refractivity contribution in [1.82, 2.24) is 9.29 Å². The zero-order valence-corrected chi connectivity index (χ0v) is 19.4. The van der Waals surface area contributed by atoms with E-state index in [-0.39, 0.29) is 52.1 Å². The van der Waals surface area contributed by atoms with E-state index in [0.29, 0.717) is 0 Å². The number of amides is 1. The molecule has 2 unspecified atom stereocenters. The van der Waals surface area contributed by atoms with Gasteiger partial charge in [-0.15, -0.1) is 11.3 Å². The van der Waals surface area contributed by atoms with Crippen LogP contribution in [0.5, 0.6) is 0 Å². The minimum Gasteiger partial charge on any atom is -0.373 e. The van der Waals surface area contributed by atoms with Crippen LogP contribution in [0.3, 0.4) is 0 Å². The Hall–Kier alpha value is -2.73. The lowest BCUT2D eigenvalue weighted by molar-refractivity contribution is -0.0440. The van der Waals surface area contributed by atoms with Crippen LogP contribution >= 0.6 is 11.3 Å². The summed E-state index contributed by atoms with van der Waals surface area (Å²) in [6, 6.07) is 8.78. The van der Waals surface area contributed by atoms with Crippen LogP contribution in [0, 0.1) is 11.6 Å². The molecule has 0 spiro atoms. The zero-order chi connectivity index (χ0) is 23.8. The molecule has 1 fully saturated rings. The molecule has 2 atom stereocenters. The largest absolute Gasteiger partial charge is 0.373 e. The predicted molar refractivity (Wildman–Crippen MR) is 121 cm³/mol. The van der Waals surface area contributed by atoms with Gasteiger partial charge in [-0.1, -0.05) is 0 Å². The Balaban J connectivity index is 1.46. The fraction of sp³-hybridized carbons (Fsp3) is 0.273. The molecule has 1 saturated heterocycles. The first-order chi connectivity index (χ1) is 15.6. The number of anilines is 1. The summed E-state index contributed by atoms with van der Waals surface area (Å²) < 4.78 is 59.9. The molecule has 1 amide bonds. The van der Waals surface area contributed by atoms with Gasteiger partial charge in [0.05, 0.1) is 22.8 Å². The van der Waals surface area contributed by atoms with Crippen molar-refractivity contribution in [3.05, 3.63) is 65.0 Å². The summed E-state index contributed by atoms with van der Waals surface area (Å²) in [7, 11) is -3.71. The minimum atomic E-state index is -3.71. The molecule has 3 aromatic rings. The number of nitrogens with one attached hydrogen (secondary N) is 1. The third-order valence-corrected chi connectivity index (χ3v) is 7.68. The van der Waals surface area contributed by atoms with Crippen LogP contribution in [-0.2, 0) is 14.8 Å². The first-order valence-corrected chi connectivity index (χ1v) is 12.4. The Labute approximate surface area is 194 Å². The lowest BCUT2D eigenvalue weighted by Crippen LogP contribution is -2.48. The highest BCUT2D eigenvalue weighted by atomic mass is 32.2. The van der Waals surface area contributed by atoms with E-state index in [1.807, 2.05) is 13.8 Å². The standard InChI is InChI=1S/C22H21F2N3O4S2/c1-13-10-27(11-14(2)31-13)33(29,30)17-6-3-15(4-7-17)21(28)26-22-25-20(12-32-22)18-8-5-16(23)9-19(18)24/h3-9,12-14H,10-11H2,1-2H3,(H,25,26,28). The van der Waals surface area contributed by atoms with Gasteiger partial charge in [-0.25, -0.2) is 22.2 Å². The highest BCUT2D eigenvalue weighted by Crippen LogP contribution is 2.28. The lowest BCUT2D eigenvalue weighted by Gasteiger charge is -2.34. The average molecular weight is 494 g/mol. The van der Waals surface area contributed by atoms with Crippen molar-refractivity contribution in [1.29, 1.82) is 0 Å². The van der Waals surface area contributed by atoms with Gasteiger partial charge in [0, 0.05) is 35.7 Å². The van der Waals surface area contributed by atoms with Crippen LogP contribution in [0.25, 0.3) is 11.3 Å². The fourth-order valence-electron chi connectivity index (χ4n) is 3.58. The predicted octanol–water partition coefficient (Wildman–Crippen LogP) is 4.14. The van der Waals surface area contributed by atoms with Crippen molar-refractivity contribution in [3.63, 3.8) is 0 Å². The first-order valence-electron chi connectivity index (χ1n) is 10.1. The molecule has 1 N–H and O–H groups in total. The summed E-state index contributed by atoms with van der Waals surface area (Å²) in [5.74, 6) is -1.94. The summed E-state index contributed by atoms with van der Waals surface area (Å²) in [5, 5.41) is 4.38. The molecule has 174 valence electrons. The summed E-state index contributed by atoms with van der Waals surface area (Å²) in [6.07, 6.45) is -0.416. The van der Waals surface area contributed by atoms with Gasteiger partial charge >= 0.3 is 0 Å². The third kappa shape index (κ3) is 5.11. The van der Waals surface area contributed by atoms with E-state index in [2.05, 4.69) is 10.3 Å². The van der Waals surface area contributed by atoms with Crippen molar-refractivity contribution >= 4 is 32.4 Å². The number of morpholine rings is 1. The number of thiazole rings is 1. The van der Waals surface area contributed by atoms with Gasteiger partial charge in [-0.05, 0) is 50.2 Å². The molecular formula is C22H21F2N3O4S2. The van der Waals surface area contributed by atoms with E-state index in [4.69, 9.17) is 4.74 Å². The van der Waals surface area contributed by atoms with Crippen LogP contribution in [0.4, 0.5) is 13.9 Å². The van der Waals surface area contributed by atoms with Crippen LogP contribution in [-0.4, -0.2) is 48.9 Å². The highest BCUT2D eigenvalue weighted by molar-refractivity contribution is 7.89. The summed E-state index contributed by atoms with van der Waals surface area (Å²) in [4.78, 5) is 16.8. The number of carbonyl (C=O) groups is 1. The monoisotopic (exact) mass is 493 g/mol. The molecule has 7 nitrogen and oxygen atoms in total. The van der Waals surface area contributed by atoms with Crippen molar-refractivity contribution in [2.24, 2.45) is 0 Å². The maximum atomic E-state index is 14.0. The maximum absolute atomic E-state index is 14.0. The van der Waals surface area contributed by atoms with Gasteiger partial charge in [0.15, 0.2) is 5.13 Å². The van der Waals surface area contributed by atoms with Gasteiger partial charge in [0.2, 0.25) is 10.0 Å². The third-order valence-electron chi connectivity index (χ3n) is 5.07.